The molecule has 2 heterocycles. The predicted molar refractivity (Wildman–Crippen MR) is 89.0 cm³/mol. The third kappa shape index (κ3) is 2.68. The third-order valence-electron chi connectivity index (χ3n) is 4.36. The van der Waals surface area contributed by atoms with Gasteiger partial charge in [-0.2, -0.15) is 0 Å². The Morgan fingerprint density at radius 3 is 2.78 bits per heavy atom. The van der Waals surface area contributed by atoms with Gasteiger partial charge in [-0.05, 0) is 31.5 Å². The zero-order chi connectivity index (χ0) is 16.8. The number of H-pyrrole nitrogens is 1. The molecule has 1 N–H and O–H groups in total. The SMILES string of the molecule is COC(=O)[C@]1(C)CCN(C(=O)c2cc3c(Cl)c(Cl)ccc3[nH]2)C1. The standard InChI is InChI=1S/C16H16Cl2N2O3/c1-16(15(22)23-2)5-6-20(8-16)14(21)12-7-9-11(19-12)4-3-10(17)13(9)18/h3-4,7,19H,5-6,8H2,1-2H3/t16-/m1/s1. The molecule has 1 aromatic heterocycles. The lowest BCUT2D eigenvalue weighted by Gasteiger charge is -2.21. The third-order valence-corrected chi connectivity index (χ3v) is 5.18. The fraction of sp³-hybridized carbons (Fsp3) is 0.375. The molecule has 5 nitrogen and oxygen atoms in total. The smallest absolute Gasteiger partial charge is 0.313 e. The van der Waals surface area contributed by atoms with Crippen LogP contribution in [0.3, 0.4) is 0 Å². The van der Waals surface area contributed by atoms with E-state index in [2.05, 4.69) is 4.98 Å². The molecule has 1 amide bonds. The summed E-state index contributed by atoms with van der Waals surface area (Å²) in [6.45, 7) is 2.66. The average Bonchev–Trinajstić information content (AvgIpc) is 3.15. The molecule has 0 radical (unpaired) electrons. The maximum absolute atomic E-state index is 12.7. The van der Waals surface area contributed by atoms with Crippen LogP contribution in [0.4, 0.5) is 0 Å². The molecule has 1 saturated heterocycles. The van der Waals surface area contributed by atoms with Crippen molar-refractivity contribution in [1.82, 2.24) is 9.88 Å². The number of amides is 1. The highest BCUT2D eigenvalue weighted by atomic mass is 35.5. The van der Waals surface area contributed by atoms with Gasteiger partial charge in [-0.3, -0.25) is 9.59 Å². The number of benzene rings is 1. The number of nitrogens with one attached hydrogen (secondary N) is 1. The lowest BCUT2D eigenvalue weighted by molar-refractivity contribution is -0.150. The number of carbonyl (C=O) groups is 2. The topological polar surface area (TPSA) is 62.4 Å². The molecule has 3 rings (SSSR count). The van der Waals surface area contributed by atoms with Gasteiger partial charge < -0.3 is 14.6 Å². The summed E-state index contributed by atoms with van der Waals surface area (Å²) in [5.74, 6) is -0.458. The Hall–Kier alpha value is -1.72. The van der Waals surface area contributed by atoms with Crippen LogP contribution in [0.1, 0.15) is 23.8 Å². The van der Waals surface area contributed by atoms with E-state index in [1.165, 1.54) is 7.11 Å². The number of halogens is 2. The molecule has 1 aliphatic heterocycles. The van der Waals surface area contributed by atoms with Gasteiger partial charge in [0.2, 0.25) is 0 Å². The minimum absolute atomic E-state index is 0.166. The van der Waals surface area contributed by atoms with Crippen molar-refractivity contribution in [2.24, 2.45) is 5.41 Å². The van der Waals surface area contributed by atoms with Crippen LogP contribution in [0.5, 0.6) is 0 Å². The van der Waals surface area contributed by atoms with Crippen LogP contribution in [0.25, 0.3) is 10.9 Å². The van der Waals surface area contributed by atoms with Crippen molar-refractivity contribution >= 4 is 46.0 Å². The van der Waals surface area contributed by atoms with E-state index in [9.17, 15) is 9.59 Å². The number of ether oxygens (including phenoxy) is 1. The van der Waals surface area contributed by atoms with Crippen LogP contribution < -0.4 is 0 Å². The second-order valence-electron chi connectivity index (χ2n) is 6.03. The number of nitrogens with zero attached hydrogens (tertiary/aromatic N) is 1. The van der Waals surface area contributed by atoms with Crippen molar-refractivity contribution < 1.29 is 14.3 Å². The average molecular weight is 355 g/mol. The van der Waals surface area contributed by atoms with Gasteiger partial charge in [0.1, 0.15) is 5.69 Å². The first-order valence-electron chi connectivity index (χ1n) is 7.20. The van der Waals surface area contributed by atoms with Gasteiger partial charge in [-0.1, -0.05) is 23.2 Å². The molecule has 1 aromatic carbocycles. The van der Waals surface area contributed by atoms with E-state index in [-0.39, 0.29) is 11.9 Å². The molecule has 1 fully saturated rings. The summed E-state index contributed by atoms with van der Waals surface area (Å²) in [5, 5.41) is 1.56. The summed E-state index contributed by atoms with van der Waals surface area (Å²) in [7, 11) is 1.36. The van der Waals surface area contributed by atoms with Gasteiger partial charge in [-0.15, -0.1) is 0 Å². The number of fused-ring (bicyclic) bond motifs is 1. The maximum Gasteiger partial charge on any atom is 0.313 e. The summed E-state index contributed by atoms with van der Waals surface area (Å²) in [5.41, 5.74) is 0.521. The highest BCUT2D eigenvalue weighted by molar-refractivity contribution is 6.45. The summed E-state index contributed by atoms with van der Waals surface area (Å²) in [6.07, 6.45) is 0.582. The Labute approximate surface area is 143 Å². The van der Waals surface area contributed by atoms with Gasteiger partial charge in [0.15, 0.2) is 0 Å². The van der Waals surface area contributed by atoms with Crippen LogP contribution in [0.15, 0.2) is 18.2 Å². The summed E-state index contributed by atoms with van der Waals surface area (Å²) < 4.78 is 4.83. The van der Waals surface area contributed by atoms with Crippen molar-refractivity contribution in [1.29, 1.82) is 0 Å². The van der Waals surface area contributed by atoms with Crippen LogP contribution >= 0.6 is 23.2 Å². The number of aromatic amines is 1. The molecule has 7 heteroatoms. The van der Waals surface area contributed by atoms with Crippen molar-refractivity contribution in [2.45, 2.75) is 13.3 Å². The quantitative estimate of drug-likeness (QED) is 0.839. The Balaban J connectivity index is 1.87. The van der Waals surface area contributed by atoms with Gasteiger partial charge in [0, 0.05) is 24.0 Å². The molecule has 2 aromatic rings. The molecule has 0 aliphatic carbocycles. The molecule has 1 atom stereocenters. The second kappa shape index (κ2) is 5.73. The Kier molecular flexibility index (Phi) is 4.02. The van der Waals surface area contributed by atoms with E-state index in [4.69, 9.17) is 27.9 Å². The predicted octanol–water partition coefficient (Wildman–Crippen LogP) is 3.50. The summed E-state index contributed by atoms with van der Waals surface area (Å²) in [4.78, 5) is 29.3. The molecule has 0 unspecified atom stereocenters. The van der Waals surface area contributed by atoms with Gasteiger partial charge >= 0.3 is 5.97 Å². The zero-order valence-electron chi connectivity index (χ0n) is 12.8. The monoisotopic (exact) mass is 354 g/mol. The van der Waals surface area contributed by atoms with E-state index in [0.29, 0.717) is 40.6 Å². The van der Waals surface area contributed by atoms with Crippen molar-refractivity contribution in [2.75, 3.05) is 20.2 Å². The molecule has 1 aliphatic rings. The van der Waals surface area contributed by atoms with E-state index in [1.54, 1.807) is 23.1 Å². The molecular weight excluding hydrogens is 339 g/mol. The van der Waals surface area contributed by atoms with Crippen LogP contribution in [-0.4, -0.2) is 42.0 Å². The van der Waals surface area contributed by atoms with Gasteiger partial charge in [0.05, 0.1) is 22.6 Å². The first kappa shape index (κ1) is 16.1. The van der Waals surface area contributed by atoms with E-state index >= 15 is 0 Å². The number of esters is 1. The lowest BCUT2D eigenvalue weighted by Crippen LogP contribution is -2.35. The number of carbonyl (C=O) groups excluding carboxylic acids is 2. The molecule has 0 bridgehead atoms. The van der Waals surface area contributed by atoms with Gasteiger partial charge in [-0.25, -0.2) is 0 Å². The first-order valence-corrected chi connectivity index (χ1v) is 7.96. The number of methoxy groups -OCH3 is 1. The normalized spacial score (nSPS) is 21.0. The van der Waals surface area contributed by atoms with Crippen molar-refractivity contribution in [3.05, 3.63) is 33.9 Å². The Bertz CT molecular complexity index is 802. The van der Waals surface area contributed by atoms with E-state index < -0.39 is 5.41 Å². The number of likely N-dealkylation sites (tertiary alicyclic amines) is 1. The number of rotatable bonds is 2. The number of hydrogen-bond donors (Lipinski definition) is 1. The highest BCUT2D eigenvalue weighted by Gasteiger charge is 2.43. The van der Waals surface area contributed by atoms with Crippen molar-refractivity contribution in [3.63, 3.8) is 0 Å². The summed E-state index contributed by atoms with van der Waals surface area (Å²) in [6, 6.07) is 5.16. The lowest BCUT2D eigenvalue weighted by atomic mass is 9.90. The molecule has 23 heavy (non-hydrogen) atoms. The minimum atomic E-state index is -0.655. The second-order valence-corrected chi connectivity index (χ2v) is 6.82. The molecule has 122 valence electrons. The fourth-order valence-corrected chi connectivity index (χ4v) is 3.36. The number of hydrogen-bond acceptors (Lipinski definition) is 3. The molecular formula is C16H16Cl2N2O3. The fourth-order valence-electron chi connectivity index (χ4n) is 2.97. The van der Waals surface area contributed by atoms with Crippen LogP contribution in [0.2, 0.25) is 10.0 Å². The Morgan fingerprint density at radius 2 is 2.09 bits per heavy atom. The van der Waals surface area contributed by atoms with Gasteiger partial charge in [0.25, 0.3) is 5.91 Å². The first-order chi connectivity index (χ1) is 10.9. The van der Waals surface area contributed by atoms with E-state index in [1.807, 2.05) is 6.92 Å². The van der Waals surface area contributed by atoms with Crippen LogP contribution in [-0.2, 0) is 9.53 Å². The van der Waals surface area contributed by atoms with E-state index in [0.717, 1.165) is 5.52 Å². The summed E-state index contributed by atoms with van der Waals surface area (Å²) >= 11 is 12.2. The zero-order valence-corrected chi connectivity index (χ0v) is 14.3. The maximum atomic E-state index is 12.7. The highest BCUT2D eigenvalue weighted by Crippen LogP contribution is 2.34. The van der Waals surface area contributed by atoms with Crippen molar-refractivity contribution in [3.8, 4) is 0 Å². The number of aromatic nitrogens is 1. The van der Waals surface area contributed by atoms with Crippen LogP contribution in [0, 0.1) is 5.41 Å². The Morgan fingerprint density at radius 1 is 1.35 bits per heavy atom. The molecule has 0 saturated carbocycles. The molecule has 0 spiro atoms. The minimum Gasteiger partial charge on any atom is -0.469 e. The largest absolute Gasteiger partial charge is 0.469 e.